The van der Waals surface area contributed by atoms with Crippen LogP contribution in [-0.2, 0) is 32.2 Å². The third kappa shape index (κ3) is 7.82. The minimum absolute atomic E-state index is 0.103. The first-order valence-electron chi connectivity index (χ1n) is 12.0. The van der Waals surface area contributed by atoms with Crippen molar-refractivity contribution in [2.45, 2.75) is 45.0 Å². The second-order valence-electron chi connectivity index (χ2n) is 8.53. The Bertz CT molecular complexity index is 1280. The van der Waals surface area contributed by atoms with Crippen molar-refractivity contribution in [1.29, 1.82) is 0 Å². The minimum atomic E-state index is -4.35. The molecule has 0 saturated carbocycles. The quantitative estimate of drug-likeness (QED) is 0.229. The van der Waals surface area contributed by atoms with Gasteiger partial charge in [-0.25, -0.2) is 9.97 Å². The average Bonchev–Trinajstić information content (AvgIpc) is 3.54. The molecule has 2 aromatic heterocycles. The van der Waals surface area contributed by atoms with Crippen molar-refractivity contribution in [1.82, 2.24) is 14.5 Å². The highest BCUT2D eigenvalue weighted by atomic mass is 19.4. The molecule has 37 heavy (non-hydrogen) atoms. The van der Waals surface area contributed by atoms with Gasteiger partial charge >= 0.3 is 6.18 Å². The highest BCUT2D eigenvalue weighted by molar-refractivity contribution is 5.66. The number of imidazole rings is 1. The van der Waals surface area contributed by atoms with Gasteiger partial charge in [-0.05, 0) is 60.7 Å². The van der Waals surface area contributed by atoms with E-state index >= 15 is 0 Å². The first-order chi connectivity index (χ1) is 17.9. The molecule has 0 aliphatic heterocycles. The highest BCUT2D eigenvalue weighted by Crippen LogP contribution is 2.29. The Morgan fingerprint density at radius 1 is 0.973 bits per heavy atom. The number of aliphatic hydroxyl groups is 1. The summed E-state index contributed by atoms with van der Waals surface area (Å²) in [5, 5.41) is 9.10. The lowest BCUT2D eigenvalue weighted by molar-refractivity contribution is -0.137. The van der Waals surface area contributed by atoms with Crippen LogP contribution in [0.1, 0.15) is 46.9 Å². The number of aromatic nitrogens is 3. The predicted molar refractivity (Wildman–Crippen MR) is 134 cm³/mol. The second-order valence-corrected chi connectivity index (χ2v) is 8.53. The van der Waals surface area contributed by atoms with E-state index in [1.54, 1.807) is 18.3 Å². The summed E-state index contributed by atoms with van der Waals surface area (Å²) in [4.78, 5) is 8.59. The van der Waals surface area contributed by atoms with Gasteiger partial charge in [0.2, 0.25) is 5.89 Å². The molecule has 0 fully saturated rings. The zero-order valence-electron chi connectivity index (χ0n) is 20.2. The molecule has 0 saturated heterocycles. The summed E-state index contributed by atoms with van der Waals surface area (Å²) in [7, 11) is 0. The SMILES string of the molecule is OCCc1nccn1CCCCc1ccc(OCc2coc(/C=C/c3ccc(C(F)(F)F)cc3)n2)cc1. The summed E-state index contributed by atoms with van der Waals surface area (Å²) in [6, 6.07) is 12.8. The summed E-state index contributed by atoms with van der Waals surface area (Å²) in [6.07, 6.45) is 7.69. The molecule has 2 aromatic carbocycles. The van der Waals surface area contributed by atoms with E-state index in [1.807, 2.05) is 30.5 Å². The van der Waals surface area contributed by atoms with Crippen LogP contribution in [0.2, 0.25) is 0 Å². The van der Waals surface area contributed by atoms with E-state index in [1.165, 1.54) is 24.0 Å². The molecule has 0 bridgehead atoms. The fraction of sp³-hybridized carbons (Fsp3) is 0.286. The molecule has 0 aliphatic carbocycles. The maximum Gasteiger partial charge on any atom is 0.416 e. The zero-order chi connectivity index (χ0) is 26.1. The normalized spacial score (nSPS) is 11.9. The zero-order valence-corrected chi connectivity index (χ0v) is 20.2. The van der Waals surface area contributed by atoms with Gasteiger partial charge in [0.15, 0.2) is 0 Å². The Labute approximate surface area is 213 Å². The highest BCUT2D eigenvalue weighted by Gasteiger charge is 2.29. The topological polar surface area (TPSA) is 73.3 Å². The summed E-state index contributed by atoms with van der Waals surface area (Å²) >= 11 is 0. The Morgan fingerprint density at radius 3 is 2.49 bits per heavy atom. The number of aryl methyl sites for hydroxylation is 2. The first-order valence-corrected chi connectivity index (χ1v) is 12.0. The van der Waals surface area contributed by atoms with Crippen LogP contribution < -0.4 is 4.74 Å². The van der Waals surface area contributed by atoms with Gasteiger partial charge in [-0.3, -0.25) is 0 Å². The fourth-order valence-corrected chi connectivity index (χ4v) is 3.81. The molecule has 0 unspecified atom stereocenters. The number of hydrogen-bond acceptors (Lipinski definition) is 5. The van der Waals surface area contributed by atoms with Crippen LogP contribution in [0.25, 0.3) is 12.2 Å². The largest absolute Gasteiger partial charge is 0.487 e. The average molecular weight is 512 g/mol. The van der Waals surface area contributed by atoms with Gasteiger partial charge in [0.25, 0.3) is 0 Å². The van der Waals surface area contributed by atoms with Gasteiger partial charge in [0.05, 0.1) is 12.2 Å². The van der Waals surface area contributed by atoms with E-state index in [4.69, 9.17) is 14.3 Å². The van der Waals surface area contributed by atoms with E-state index < -0.39 is 11.7 Å². The Morgan fingerprint density at radius 2 is 1.76 bits per heavy atom. The number of ether oxygens (including phenoxy) is 1. The van der Waals surface area contributed by atoms with E-state index in [2.05, 4.69) is 14.5 Å². The van der Waals surface area contributed by atoms with Gasteiger partial charge in [-0.15, -0.1) is 0 Å². The molecule has 194 valence electrons. The Hall–Kier alpha value is -3.85. The predicted octanol–water partition coefficient (Wildman–Crippen LogP) is 6.20. The van der Waals surface area contributed by atoms with Crippen LogP contribution in [0.15, 0.2) is 71.6 Å². The number of rotatable bonds is 12. The molecule has 0 radical (unpaired) electrons. The van der Waals surface area contributed by atoms with Crippen molar-refractivity contribution in [2.24, 2.45) is 0 Å². The number of oxazole rings is 1. The van der Waals surface area contributed by atoms with E-state index in [0.29, 0.717) is 23.6 Å². The van der Waals surface area contributed by atoms with Crippen molar-refractivity contribution in [3.63, 3.8) is 0 Å². The Balaban J connectivity index is 1.19. The van der Waals surface area contributed by atoms with E-state index in [9.17, 15) is 13.2 Å². The number of aliphatic hydroxyl groups excluding tert-OH is 1. The summed E-state index contributed by atoms with van der Waals surface area (Å²) in [5.74, 6) is 1.98. The van der Waals surface area contributed by atoms with Gasteiger partial charge in [-0.2, -0.15) is 13.2 Å². The molecule has 0 amide bonds. The standard InChI is InChI=1S/C28H28F3N3O3/c29-28(30,31)23-9-4-22(5-10-23)8-13-27-33-24(20-37-27)19-36-25-11-6-21(7-12-25)3-1-2-16-34-17-15-32-26(34)14-18-35/h4-13,15,17,20,35H,1-3,14,16,18-19H2/b13-8+. The van der Waals surface area contributed by atoms with E-state index in [-0.39, 0.29) is 13.2 Å². The summed E-state index contributed by atoms with van der Waals surface area (Å²) in [5.41, 5.74) is 1.76. The van der Waals surface area contributed by atoms with Crippen LogP contribution in [0, 0.1) is 0 Å². The smallest absolute Gasteiger partial charge is 0.416 e. The second kappa shape index (κ2) is 12.4. The van der Waals surface area contributed by atoms with Crippen molar-refractivity contribution in [2.75, 3.05) is 6.61 Å². The maximum atomic E-state index is 12.7. The van der Waals surface area contributed by atoms with E-state index in [0.717, 1.165) is 49.5 Å². The molecular weight excluding hydrogens is 483 g/mol. The summed E-state index contributed by atoms with van der Waals surface area (Å²) < 4.78 is 51.3. The van der Waals surface area contributed by atoms with Crippen LogP contribution in [0.5, 0.6) is 5.75 Å². The molecule has 0 atom stereocenters. The minimum Gasteiger partial charge on any atom is -0.487 e. The first kappa shape index (κ1) is 26.2. The lowest BCUT2D eigenvalue weighted by Crippen LogP contribution is -2.05. The van der Waals surface area contributed by atoms with Crippen molar-refractivity contribution >= 4 is 12.2 Å². The summed E-state index contributed by atoms with van der Waals surface area (Å²) in [6.45, 7) is 1.22. The molecule has 0 aliphatic rings. The Kier molecular flexibility index (Phi) is 8.79. The number of nitrogens with zero attached hydrogens (tertiary/aromatic N) is 3. The van der Waals surface area contributed by atoms with Gasteiger partial charge in [-0.1, -0.05) is 24.3 Å². The number of benzene rings is 2. The number of hydrogen-bond donors (Lipinski definition) is 1. The molecular formula is C28H28F3N3O3. The lowest BCUT2D eigenvalue weighted by Gasteiger charge is -2.08. The molecule has 1 N–H and O–H groups in total. The van der Waals surface area contributed by atoms with Crippen LogP contribution in [0.3, 0.4) is 0 Å². The molecule has 4 rings (SSSR count). The third-order valence-corrected chi connectivity index (χ3v) is 5.79. The van der Waals surface area contributed by atoms with Gasteiger partial charge in [0.1, 0.15) is 30.1 Å². The van der Waals surface area contributed by atoms with Gasteiger partial charge in [0, 0.05) is 31.4 Å². The third-order valence-electron chi connectivity index (χ3n) is 5.79. The number of alkyl halides is 3. The molecule has 9 heteroatoms. The maximum absolute atomic E-state index is 12.7. The molecule has 4 aromatic rings. The molecule has 0 spiro atoms. The molecule has 6 nitrogen and oxygen atoms in total. The van der Waals surface area contributed by atoms with Crippen molar-refractivity contribution < 1.29 is 27.4 Å². The fourth-order valence-electron chi connectivity index (χ4n) is 3.81. The number of halogens is 3. The molecule has 2 heterocycles. The van der Waals surface area contributed by atoms with Gasteiger partial charge < -0.3 is 18.8 Å². The van der Waals surface area contributed by atoms with Crippen molar-refractivity contribution in [3.8, 4) is 5.75 Å². The monoisotopic (exact) mass is 511 g/mol. The lowest BCUT2D eigenvalue weighted by atomic mass is 10.1. The van der Waals surface area contributed by atoms with Crippen LogP contribution >= 0.6 is 0 Å². The number of unbranched alkanes of at least 4 members (excludes halogenated alkanes) is 1. The van der Waals surface area contributed by atoms with Crippen LogP contribution in [0.4, 0.5) is 13.2 Å². The van der Waals surface area contributed by atoms with Crippen LogP contribution in [-0.4, -0.2) is 26.2 Å². The van der Waals surface area contributed by atoms with Crippen molar-refractivity contribution in [3.05, 3.63) is 101 Å².